The van der Waals surface area contributed by atoms with E-state index < -0.39 is 6.10 Å². The molecule has 130 valence electrons. The van der Waals surface area contributed by atoms with Crippen LogP contribution in [0.4, 0.5) is 0 Å². The van der Waals surface area contributed by atoms with Crippen molar-refractivity contribution in [3.05, 3.63) is 29.8 Å². The molecule has 0 saturated carbocycles. The second kappa shape index (κ2) is 9.94. The molecule has 1 aromatic carbocycles. The lowest BCUT2D eigenvalue weighted by Gasteiger charge is -2.09. The minimum absolute atomic E-state index is 0.0204. The normalized spacial score (nSPS) is 21.2. The van der Waals surface area contributed by atoms with Crippen LogP contribution in [0.3, 0.4) is 0 Å². The van der Waals surface area contributed by atoms with Gasteiger partial charge in [0.05, 0.1) is 13.2 Å². The lowest BCUT2D eigenvalue weighted by Crippen LogP contribution is -2.08. The monoisotopic (exact) mass is 320 g/mol. The number of rotatable bonds is 12. The Balaban J connectivity index is 1.56. The van der Waals surface area contributed by atoms with Gasteiger partial charge in [-0.15, -0.1) is 0 Å². The van der Waals surface area contributed by atoms with Crippen molar-refractivity contribution >= 4 is 0 Å². The summed E-state index contributed by atoms with van der Waals surface area (Å²) < 4.78 is 10.8. The molecule has 2 rings (SSSR count). The predicted octanol–water partition coefficient (Wildman–Crippen LogP) is 5.03. The van der Waals surface area contributed by atoms with E-state index >= 15 is 0 Å². The van der Waals surface area contributed by atoms with Crippen molar-refractivity contribution in [1.82, 2.24) is 0 Å². The Morgan fingerprint density at radius 3 is 2.22 bits per heavy atom. The number of benzene rings is 1. The number of aliphatic hydroxyl groups is 1. The highest BCUT2D eigenvalue weighted by Gasteiger charge is 2.44. The quantitative estimate of drug-likeness (QED) is 0.434. The van der Waals surface area contributed by atoms with Crippen LogP contribution in [0, 0.1) is 0 Å². The molecule has 0 amide bonds. The maximum absolute atomic E-state index is 10.4. The second-order valence-electron chi connectivity index (χ2n) is 6.62. The molecule has 3 nitrogen and oxygen atoms in total. The average molecular weight is 320 g/mol. The maximum Gasteiger partial charge on any atom is 0.118 e. The molecule has 1 heterocycles. The minimum Gasteiger partial charge on any atom is -0.497 e. The van der Waals surface area contributed by atoms with Gasteiger partial charge in [-0.25, -0.2) is 0 Å². The Bertz CT molecular complexity index is 429. The van der Waals surface area contributed by atoms with Crippen molar-refractivity contribution in [2.75, 3.05) is 7.11 Å². The summed E-state index contributed by atoms with van der Waals surface area (Å²) in [4.78, 5) is 0. The van der Waals surface area contributed by atoms with Crippen molar-refractivity contribution in [3.8, 4) is 5.75 Å². The molecule has 23 heavy (non-hydrogen) atoms. The van der Waals surface area contributed by atoms with Crippen molar-refractivity contribution in [2.24, 2.45) is 0 Å². The minimum atomic E-state index is -0.514. The third-order valence-corrected chi connectivity index (χ3v) is 4.73. The van der Waals surface area contributed by atoms with Crippen LogP contribution in [0.5, 0.6) is 5.75 Å². The van der Waals surface area contributed by atoms with Gasteiger partial charge in [0.25, 0.3) is 0 Å². The Kier molecular flexibility index (Phi) is 7.90. The van der Waals surface area contributed by atoms with Crippen molar-refractivity contribution in [1.29, 1.82) is 0 Å². The third-order valence-electron chi connectivity index (χ3n) is 4.73. The van der Waals surface area contributed by atoms with E-state index in [1.807, 2.05) is 24.3 Å². The Morgan fingerprint density at radius 1 is 1.00 bits per heavy atom. The largest absolute Gasteiger partial charge is 0.497 e. The first-order chi connectivity index (χ1) is 11.3. The molecule has 0 radical (unpaired) electrons. The van der Waals surface area contributed by atoms with E-state index in [-0.39, 0.29) is 12.2 Å². The van der Waals surface area contributed by atoms with Crippen LogP contribution < -0.4 is 4.74 Å². The summed E-state index contributed by atoms with van der Waals surface area (Å²) in [6.45, 7) is 2.26. The van der Waals surface area contributed by atoms with Gasteiger partial charge >= 0.3 is 0 Å². The molecule has 0 aliphatic carbocycles. The highest BCUT2D eigenvalue weighted by atomic mass is 16.6. The smallest absolute Gasteiger partial charge is 0.118 e. The lowest BCUT2D eigenvalue weighted by molar-refractivity contribution is 0.136. The SMILES string of the molecule is CCCCCCCCCCC1OC1C(O)c1ccc(OC)cc1. The molecule has 1 aliphatic heterocycles. The number of hydrogen-bond acceptors (Lipinski definition) is 3. The molecular formula is C20H32O3. The maximum atomic E-state index is 10.4. The first-order valence-corrected chi connectivity index (χ1v) is 9.23. The third kappa shape index (κ3) is 6.15. The van der Waals surface area contributed by atoms with Crippen LogP contribution in [-0.2, 0) is 4.74 Å². The van der Waals surface area contributed by atoms with Crippen LogP contribution in [0.25, 0.3) is 0 Å². The number of methoxy groups -OCH3 is 1. The number of aliphatic hydroxyl groups excluding tert-OH is 1. The molecule has 0 aromatic heterocycles. The fraction of sp³-hybridized carbons (Fsp3) is 0.700. The van der Waals surface area contributed by atoms with E-state index in [2.05, 4.69) is 6.92 Å². The highest BCUT2D eigenvalue weighted by molar-refractivity contribution is 5.29. The topological polar surface area (TPSA) is 42.0 Å². The van der Waals surface area contributed by atoms with Crippen molar-refractivity contribution in [3.63, 3.8) is 0 Å². The summed E-state index contributed by atoms with van der Waals surface area (Å²) in [5.74, 6) is 0.813. The summed E-state index contributed by atoms with van der Waals surface area (Å²) in [5.41, 5.74) is 0.911. The van der Waals surface area contributed by atoms with E-state index in [0.717, 1.165) is 17.7 Å². The highest BCUT2D eigenvalue weighted by Crippen LogP contribution is 2.37. The summed E-state index contributed by atoms with van der Waals surface area (Å²) >= 11 is 0. The molecule has 1 fully saturated rings. The van der Waals surface area contributed by atoms with E-state index in [9.17, 15) is 5.11 Å². The van der Waals surface area contributed by atoms with Gasteiger partial charge in [0, 0.05) is 0 Å². The molecule has 1 aromatic rings. The van der Waals surface area contributed by atoms with Gasteiger partial charge < -0.3 is 14.6 Å². The van der Waals surface area contributed by atoms with E-state index in [4.69, 9.17) is 9.47 Å². The van der Waals surface area contributed by atoms with Crippen LogP contribution in [0.15, 0.2) is 24.3 Å². The molecule has 3 atom stereocenters. The first kappa shape index (κ1) is 18.3. The zero-order valence-electron chi connectivity index (χ0n) is 14.7. The molecule has 3 unspecified atom stereocenters. The van der Waals surface area contributed by atoms with Crippen LogP contribution >= 0.6 is 0 Å². The molecule has 0 bridgehead atoms. The van der Waals surface area contributed by atoms with Crippen molar-refractivity contribution < 1.29 is 14.6 Å². The zero-order chi connectivity index (χ0) is 16.5. The fourth-order valence-electron chi connectivity index (χ4n) is 3.14. The number of ether oxygens (including phenoxy) is 2. The Hall–Kier alpha value is -1.06. The molecule has 0 spiro atoms. The van der Waals surface area contributed by atoms with Gasteiger partial charge in [0.1, 0.15) is 18.0 Å². The lowest BCUT2D eigenvalue weighted by atomic mass is 10.0. The van der Waals surface area contributed by atoms with Gasteiger partial charge in [-0.05, 0) is 24.1 Å². The Morgan fingerprint density at radius 2 is 1.61 bits per heavy atom. The molecule has 1 N–H and O–H groups in total. The average Bonchev–Trinajstić information content (AvgIpc) is 3.36. The van der Waals surface area contributed by atoms with Crippen molar-refractivity contribution in [2.45, 2.75) is 83.0 Å². The van der Waals surface area contributed by atoms with Crippen LogP contribution in [-0.4, -0.2) is 24.4 Å². The van der Waals surface area contributed by atoms with Gasteiger partial charge in [0.2, 0.25) is 0 Å². The predicted molar refractivity (Wildman–Crippen MR) is 93.8 cm³/mol. The van der Waals surface area contributed by atoms with E-state index in [0.29, 0.717) is 0 Å². The standard InChI is InChI=1S/C20H32O3/c1-3-4-5-6-7-8-9-10-11-18-20(23-18)19(21)16-12-14-17(22-2)15-13-16/h12-15,18-21H,3-11H2,1-2H3. The number of unbranched alkanes of at least 4 members (excludes halogenated alkanes) is 7. The molecule has 1 aliphatic rings. The number of hydrogen-bond donors (Lipinski definition) is 1. The van der Waals surface area contributed by atoms with Crippen LogP contribution in [0.2, 0.25) is 0 Å². The van der Waals surface area contributed by atoms with Crippen LogP contribution in [0.1, 0.15) is 76.4 Å². The second-order valence-corrected chi connectivity index (χ2v) is 6.62. The summed E-state index contributed by atoms with van der Waals surface area (Å²) in [5, 5.41) is 10.4. The Labute approximate surface area is 141 Å². The molecule has 1 saturated heterocycles. The van der Waals surface area contributed by atoms with E-state index in [1.165, 1.54) is 51.4 Å². The summed E-state index contributed by atoms with van der Waals surface area (Å²) in [6.07, 6.45) is 11.4. The van der Waals surface area contributed by atoms with Gasteiger partial charge in [-0.3, -0.25) is 0 Å². The summed E-state index contributed by atoms with van der Waals surface area (Å²) in [6, 6.07) is 7.60. The fourth-order valence-corrected chi connectivity index (χ4v) is 3.14. The van der Waals surface area contributed by atoms with Gasteiger partial charge in [-0.2, -0.15) is 0 Å². The molecular weight excluding hydrogens is 288 g/mol. The van der Waals surface area contributed by atoms with Gasteiger partial charge in [0.15, 0.2) is 0 Å². The number of epoxide rings is 1. The molecule has 3 heteroatoms. The summed E-state index contributed by atoms with van der Waals surface area (Å²) in [7, 11) is 1.65. The van der Waals surface area contributed by atoms with E-state index in [1.54, 1.807) is 7.11 Å². The first-order valence-electron chi connectivity index (χ1n) is 9.23. The zero-order valence-corrected chi connectivity index (χ0v) is 14.7. The van der Waals surface area contributed by atoms with Gasteiger partial charge in [-0.1, -0.05) is 70.4 Å².